The number of hydrogen-bond donors (Lipinski definition) is 0. The lowest BCUT2D eigenvalue weighted by atomic mass is 9.95. The molecule has 0 aromatic heterocycles. The third-order valence-corrected chi connectivity index (χ3v) is 3.78. The van der Waals surface area contributed by atoms with E-state index in [9.17, 15) is 0 Å². The van der Waals surface area contributed by atoms with Gasteiger partial charge in [-0.2, -0.15) is 0 Å². The van der Waals surface area contributed by atoms with Gasteiger partial charge in [-0.3, -0.25) is 0 Å². The van der Waals surface area contributed by atoms with Crippen LogP contribution in [0.1, 0.15) is 38.2 Å². The summed E-state index contributed by atoms with van der Waals surface area (Å²) in [5, 5.41) is 0. The molecule has 16 heavy (non-hydrogen) atoms. The number of halogens is 2. The second kappa shape index (κ2) is 8.14. The van der Waals surface area contributed by atoms with Crippen LogP contribution in [0.15, 0.2) is 28.7 Å². The Balaban J connectivity index is 2.43. The number of rotatable bonds is 7. The summed E-state index contributed by atoms with van der Waals surface area (Å²) in [6.07, 6.45) is 6.27. The van der Waals surface area contributed by atoms with Gasteiger partial charge in [0.25, 0.3) is 0 Å². The van der Waals surface area contributed by atoms with Crippen LogP contribution in [0.5, 0.6) is 0 Å². The van der Waals surface area contributed by atoms with Crippen LogP contribution in [0.4, 0.5) is 0 Å². The van der Waals surface area contributed by atoms with Crippen molar-refractivity contribution in [2.75, 3.05) is 5.88 Å². The van der Waals surface area contributed by atoms with Crippen LogP contribution in [0.2, 0.25) is 0 Å². The third-order valence-electron chi connectivity index (χ3n) is 2.85. The van der Waals surface area contributed by atoms with Crippen molar-refractivity contribution in [3.8, 4) is 0 Å². The highest BCUT2D eigenvalue weighted by Gasteiger charge is 2.08. The Bertz CT molecular complexity index is 299. The van der Waals surface area contributed by atoms with Crippen LogP contribution in [0.3, 0.4) is 0 Å². The summed E-state index contributed by atoms with van der Waals surface area (Å²) in [7, 11) is 0. The van der Waals surface area contributed by atoms with E-state index in [2.05, 4.69) is 47.1 Å². The molecule has 0 saturated carbocycles. The largest absolute Gasteiger partial charge is 0.126 e. The number of benzene rings is 1. The van der Waals surface area contributed by atoms with Crippen LogP contribution in [-0.4, -0.2) is 5.88 Å². The van der Waals surface area contributed by atoms with E-state index < -0.39 is 0 Å². The van der Waals surface area contributed by atoms with Gasteiger partial charge in [0.2, 0.25) is 0 Å². The molecule has 0 saturated heterocycles. The molecule has 90 valence electrons. The Labute approximate surface area is 113 Å². The maximum absolute atomic E-state index is 6.02. The monoisotopic (exact) mass is 302 g/mol. The predicted octanol–water partition coefficient (Wildman–Crippen LogP) is 5.43. The lowest BCUT2D eigenvalue weighted by molar-refractivity contribution is 0.498. The van der Waals surface area contributed by atoms with Gasteiger partial charge in [-0.25, -0.2) is 0 Å². The van der Waals surface area contributed by atoms with Gasteiger partial charge in [-0.05, 0) is 36.5 Å². The van der Waals surface area contributed by atoms with Gasteiger partial charge < -0.3 is 0 Å². The zero-order valence-corrected chi connectivity index (χ0v) is 12.2. The second-order valence-corrected chi connectivity index (χ2v) is 5.57. The lowest BCUT2D eigenvalue weighted by Crippen LogP contribution is -2.06. The molecule has 0 spiro atoms. The van der Waals surface area contributed by atoms with Crippen molar-refractivity contribution < 1.29 is 0 Å². The summed E-state index contributed by atoms with van der Waals surface area (Å²) in [6, 6.07) is 8.54. The minimum absolute atomic E-state index is 0.627. The minimum Gasteiger partial charge on any atom is -0.126 e. The maximum Gasteiger partial charge on any atom is 0.0254 e. The predicted molar refractivity (Wildman–Crippen MR) is 76.2 cm³/mol. The standard InChI is InChI=1S/C14H20BrCl/c1-2-3-4-6-13(11-16)9-12-7-5-8-14(15)10-12/h5,7-8,10,13H,2-4,6,9,11H2,1H3. The van der Waals surface area contributed by atoms with E-state index >= 15 is 0 Å². The molecule has 0 heterocycles. The highest BCUT2D eigenvalue weighted by molar-refractivity contribution is 9.10. The van der Waals surface area contributed by atoms with Gasteiger partial charge in [0.1, 0.15) is 0 Å². The van der Waals surface area contributed by atoms with E-state index in [1.807, 2.05) is 0 Å². The van der Waals surface area contributed by atoms with E-state index in [4.69, 9.17) is 11.6 Å². The maximum atomic E-state index is 6.02. The van der Waals surface area contributed by atoms with Gasteiger partial charge in [-0.1, -0.05) is 54.2 Å². The highest BCUT2D eigenvalue weighted by atomic mass is 79.9. The highest BCUT2D eigenvalue weighted by Crippen LogP contribution is 2.19. The molecule has 0 radical (unpaired) electrons. The average Bonchev–Trinajstić information content (AvgIpc) is 2.28. The normalized spacial score (nSPS) is 12.7. The molecule has 0 nitrogen and oxygen atoms in total. The second-order valence-electron chi connectivity index (χ2n) is 4.35. The summed E-state index contributed by atoms with van der Waals surface area (Å²) in [5.41, 5.74) is 1.39. The Morgan fingerprint density at radius 2 is 2.12 bits per heavy atom. The van der Waals surface area contributed by atoms with E-state index in [1.165, 1.54) is 31.2 Å². The third kappa shape index (κ3) is 5.36. The lowest BCUT2D eigenvalue weighted by Gasteiger charge is -2.13. The summed E-state index contributed by atoms with van der Waals surface area (Å²) >= 11 is 9.53. The van der Waals surface area contributed by atoms with Crippen LogP contribution in [0, 0.1) is 5.92 Å². The van der Waals surface area contributed by atoms with Gasteiger partial charge in [-0.15, -0.1) is 11.6 Å². The first-order valence-corrected chi connectivity index (χ1v) is 7.39. The Morgan fingerprint density at radius 1 is 1.31 bits per heavy atom. The summed E-state index contributed by atoms with van der Waals surface area (Å²) in [6.45, 7) is 2.24. The molecule has 1 unspecified atom stereocenters. The van der Waals surface area contributed by atoms with Crippen LogP contribution < -0.4 is 0 Å². The Kier molecular flexibility index (Phi) is 7.15. The minimum atomic E-state index is 0.627. The zero-order valence-electron chi connectivity index (χ0n) is 9.89. The molecule has 0 amide bonds. The van der Waals surface area contributed by atoms with Crippen LogP contribution >= 0.6 is 27.5 Å². The van der Waals surface area contributed by atoms with Gasteiger partial charge in [0.15, 0.2) is 0 Å². The first-order valence-electron chi connectivity index (χ1n) is 6.06. The fraction of sp³-hybridized carbons (Fsp3) is 0.571. The fourth-order valence-corrected chi connectivity index (χ4v) is 2.62. The summed E-state index contributed by atoms with van der Waals surface area (Å²) in [5.74, 6) is 1.40. The molecule has 0 N–H and O–H groups in total. The van der Waals surface area contributed by atoms with Gasteiger partial charge in [0.05, 0.1) is 0 Å². The molecule has 1 atom stereocenters. The van der Waals surface area contributed by atoms with Crippen molar-refractivity contribution in [3.05, 3.63) is 34.3 Å². The molecule has 1 aromatic carbocycles. The van der Waals surface area contributed by atoms with E-state index in [-0.39, 0.29) is 0 Å². The molecule has 0 fully saturated rings. The van der Waals surface area contributed by atoms with Crippen molar-refractivity contribution in [3.63, 3.8) is 0 Å². The SMILES string of the molecule is CCCCCC(CCl)Cc1cccc(Br)c1. The molecule has 2 heteroatoms. The van der Waals surface area contributed by atoms with Gasteiger partial charge >= 0.3 is 0 Å². The van der Waals surface area contributed by atoms with Crippen molar-refractivity contribution in [1.82, 2.24) is 0 Å². The Morgan fingerprint density at radius 3 is 2.75 bits per heavy atom. The van der Waals surface area contributed by atoms with Crippen molar-refractivity contribution >= 4 is 27.5 Å². The quantitative estimate of drug-likeness (QED) is 0.465. The van der Waals surface area contributed by atoms with E-state index in [0.717, 1.165) is 16.8 Å². The van der Waals surface area contributed by atoms with E-state index in [0.29, 0.717) is 5.92 Å². The van der Waals surface area contributed by atoms with Crippen molar-refractivity contribution in [2.24, 2.45) is 5.92 Å². The van der Waals surface area contributed by atoms with Gasteiger partial charge in [0, 0.05) is 10.4 Å². The van der Waals surface area contributed by atoms with Crippen LogP contribution in [-0.2, 0) is 6.42 Å². The smallest absolute Gasteiger partial charge is 0.0254 e. The molecule has 1 aromatic rings. The first-order chi connectivity index (χ1) is 7.76. The molecular weight excluding hydrogens is 284 g/mol. The van der Waals surface area contributed by atoms with Crippen molar-refractivity contribution in [2.45, 2.75) is 39.0 Å². The molecular formula is C14H20BrCl. The fourth-order valence-electron chi connectivity index (χ4n) is 1.91. The zero-order chi connectivity index (χ0) is 11.8. The molecule has 0 aliphatic heterocycles. The Hall–Kier alpha value is -0.0100. The first kappa shape index (κ1) is 14.1. The summed E-state index contributed by atoms with van der Waals surface area (Å²) < 4.78 is 1.16. The molecule has 1 rings (SSSR count). The molecule has 0 aliphatic carbocycles. The average molecular weight is 304 g/mol. The van der Waals surface area contributed by atoms with Crippen molar-refractivity contribution in [1.29, 1.82) is 0 Å². The number of unbranched alkanes of at least 4 members (excludes halogenated alkanes) is 2. The number of alkyl halides is 1. The van der Waals surface area contributed by atoms with E-state index in [1.54, 1.807) is 0 Å². The summed E-state index contributed by atoms with van der Waals surface area (Å²) in [4.78, 5) is 0. The molecule has 0 aliphatic rings. The topological polar surface area (TPSA) is 0 Å². The molecule has 0 bridgehead atoms. The van der Waals surface area contributed by atoms with Crippen LogP contribution in [0.25, 0.3) is 0 Å². The number of hydrogen-bond acceptors (Lipinski definition) is 0.